The van der Waals surface area contributed by atoms with E-state index in [1.807, 2.05) is 13.0 Å². The van der Waals surface area contributed by atoms with Crippen LogP contribution >= 0.6 is 0 Å². The first-order valence-corrected chi connectivity index (χ1v) is 9.89. The van der Waals surface area contributed by atoms with Gasteiger partial charge in [0.25, 0.3) is 0 Å². The minimum absolute atomic E-state index is 0.522. The Bertz CT molecular complexity index is 516. The second-order valence-corrected chi connectivity index (χ2v) is 6.03. The SMILES string of the molecule is CC/C=C\C/C=C\C/C=C\C/C=C\C/C=C\CCC/C=C(\CC)C(=O)O. The van der Waals surface area contributed by atoms with Gasteiger partial charge in [0.1, 0.15) is 0 Å². The molecule has 0 rings (SSSR count). The predicted octanol–water partition coefficient (Wildman–Crippen LogP) is 7.33. The highest BCUT2D eigenvalue weighted by Crippen LogP contribution is 2.06. The number of carbonyl (C=O) groups is 1. The van der Waals surface area contributed by atoms with Gasteiger partial charge >= 0.3 is 5.97 Å². The van der Waals surface area contributed by atoms with Gasteiger partial charge in [0.05, 0.1) is 0 Å². The molecule has 0 aromatic heterocycles. The second kappa shape index (κ2) is 19.2. The quantitative estimate of drug-likeness (QED) is 0.189. The molecule has 0 amide bonds. The van der Waals surface area contributed by atoms with Crippen LogP contribution < -0.4 is 0 Å². The van der Waals surface area contributed by atoms with Gasteiger partial charge in [-0.2, -0.15) is 0 Å². The molecule has 0 saturated carbocycles. The molecule has 0 aliphatic rings. The summed E-state index contributed by atoms with van der Waals surface area (Å²) in [5.41, 5.74) is 0.522. The summed E-state index contributed by atoms with van der Waals surface area (Å²) in [6, 6.07) is 0. The number of hydrogen-bond donors (Lipinski definition) is 1. The van der Waals surface area contributed by atoms with E-state index in [0.29, 0.717) is 12.0 Å². The lowest BCUT2D eigenvalue weighted by atomic mass is 10.1. The predicted molar refractivity (Wildman–Crippen MR) is 114 cm³/mol. The van der Waals surface area contributed by atoms with Crippen molar-refractivity contribution in [2.45, 2.75) is 71.6 Å². The summed E-state index contributed by atoms with van der Waals surface area (Å²) in [5.74, 6) is -0.789. The van der Waals surface area contributed by atoms with Gasteiger partial charge in [0, 0.05) is 5.57 Å². The first-order valence-electron chi connectivity index (χ1n) is 9.89. The Morgan fingerprint density at radius 2 is 1.15 bits per heavy atom. The molecule has 0 radical (unpaired) electrons. The maximum Gasteiger partial charge on any atom is 0.331 e. The molecule has 0 atom stereocenters. The van der Waals surface area contributed by atoms with Gasteiger partial charge in [-0.3, -0.25) is 0 Å². The molecule has 0 saturated heterocycles. The van der Waals surface area contributed by atoms with Crippen LogP contribution in [0.15, 0.2) is 72.4 Å². The Labute approximate surface area is 160 Å². The van der Waals surface area contributed by atoms with E-state index in [9.17, 15) is 4.79 Å². The molecule has 0 fully saturated rings. The lowest BCUT2D eigenvalue weighted by Crippen LogP contribution is -1.98. The van der Waals surface area contributed by atoms with Crippen molar-refractivity contribution in [1.82, 2.24) is 0 Å². The van der Waals surface area contributed by atoms with Crippen LogP contribution in [0.4, 0.5) is 0 Å². The van der Waals surface area contributed by atoms with Gasteiger partial charge in [0.2, 0.25) is 0 Å². The minimum Gasteiger partial charge on any atom is -0.478 e. The third-order valence-electron chi connectivity index (χ3n) is 3.78. The van der Waals surface area contributed by atoms with Crippen molar-refractivity contribution in [3.8, 4) is 0 Å². The minimum atomic E-state index is -0.789. The monoisotopic (exact) mass is 356 g/mol. The molecule has 0 unspecified atom stereocenters. The number of aliphatic carboxylic acids is 1. The third kappa shape index (κ3) is 16.8. The van der Waals surface area contributed by atoms with Crippen molar-refractivity contribution in [2.24, 2.45) is 0 Å². The molecule has 0 bridgehead atoms. The Morgan fingerprint density at radius 1 is 0.692 bits per heavy atom. The summed E-state index contributed by atoms with van der Waals surface area (Å²) in [7, 11) is 0. The van der Waals surface area contributed by atoms with Gasteiger partial charge in [-0.05, 0) is 57.8 Å². The van der Waals surface area contributed by atoms with Crippen LogP contribution in [0.1, 0.15) is 71.6 Å². The average molecular weight is 357 g/mol. The molecule has 144 valence electrons. The Balaban J connectivity index is 3.63. The van der Waals surface area contributed by atoms with Crippen LogP contribution in [0.5, 0.6) is 0 Å². The first kappa shape index (κ1) is 23.9. The van der Waals surface area contributed by atoms with E-state index in [1.165, 1.54) is 0 Å². The molecular formula is C24H36O2. The van der Waals surface area contributed by atoms with Crippen molar-refractivity contribution < 1.29 is 9.90 Å². The maximum absolute atomic E-state index is 10.8. The van der Waals surface area contributed by atoms with Crippen molar-refractivity contribution in [2.75, 3.05) is 0 Å². The van der Waals surface area contributed by atoms with Gasteiger partial charge in [0.15, 0.2) is 0 Å². The normalized spacial score (nSPS) is 13.4. The lowest BCUT2D eigenvalue weighted by molar-refractivity contribution is -0.132. The summed E-state index contributed by atoms with van der Waals surface area (Å²) >= 11 is 0. The Morgan fingerprint density at radius 3 is 1.58 bits per heavy atom. The fraction of sp³-hybridized carbons (Fsp3) is 0.458. The summed E-state index contributed by atoms with van der Waals surface area (Å²) in [6.45, 7) is 4.03. The van der Waals surface area contributed by atoms with Crippen molar-refractivity contribution in [3.05, 3.63) is 72.4 Å². The van der Waals surface area contributed by atoms with Gasteiger partial charge in [-0.1, -0.05) is 80.7 Å². The molecule has 0 aliphatic heterocycles. The smallest absolute Gasteiger partial charge is 0.331 e. The average Bonchev–Trinajstić information content (AvgIpc) is 2.63. The van der Waals surface area contributed by atoms with Crippen LogP contribution in [0.25, 0.3) is 0 Å². The molecule has 0 aliphatic carbocycles. The van der Waals surface area contributed by atoms with Crippen LogP contribution in [0.3, 0.4) is 0 Å². The van der Waals surface area contributed by atoms with E-state index in [2.05, 4.69) is 67.7 Å². The number of carboxylic acids is 1. The zero-order chi connectivity index (χ0) is 19.3. The molecule has 2 heteroatoms. The number of hydrogen-bond acceptors (Lipinski definition) is 1. The highest BCUT2D eigenvalue weighted by molar-refractivity contribution is 5.86. The topological polar surface area (TPSA) is 37.3 Å². The van der Waals surface area contributed by atoms with Crippen molar-refractivity contribution in [3.63, 3.8) is 0 Å². The van der Waals surface area contributed by atoms with Crippen molar-refractivity contribution in [1.29, 1.82) is 0 Å². The van der Waals surface area contributed by atoms with E-state index in [-0.39, 0.29) is 0 Å². The second-order valence-electron chi connectivity index (χ2n) is 6.03. The molecule has 0 heterocycles. The molecular weight excluding hydrogens is 320 g/mol. The van der Waals surface area contributed by atoms with Crippen LogP contribution in [0, 0.1) is 0 Å². The molecule has 0 aromatic rings. The highest BCUT2D eigenvalue weighted by atomic mass is 16.4. The summed E-state index contributed by atoms with van der Waals surface area (Å²) in [6.07, 6.45) is 32.3. The van der Waals surface area contributed by atoms with Crippen LogP contribution in [0.2, 0.25) is 0 Å². The number of allylic oxidation sites excluding steroid dienone is 11. The number of carboxylic acid groups (broad SMARTS) is 1. The Hall–Kier alpha value is -2.09. The fourth-order valence-electron chi connectivity index (χ4n) is 2.26. The van der Waals surface area contributed by atoms with Gasteiger partial charge in [-0.15, -0.1) is 0 Å². The number of unbranched alkanes of at least 4 members (excludes halogenated alkanes) is 2. The zero-order valence-corrected chi connectivity index (χ0v) is 16.6. The van der Waals surface area contributed by atoms with E-state index in [4.69, 9.17) is 5.11 Å². The zero-order valence-electron chi connectivity index (χ0n) is 16.6. The van der Waals surface area contributed by atoms with Crippen LogP contribution in [-0.2, 0) is 4.79 Å². The van der Waals surface area contributed by atoms with Gasteiger partial charge < -0.3 is 5.11 Å². The van der Waals surface area contributed by atoms with E-state index in [1.54, 1.807) is 0 Å². The summed E-state index contributed by atoms with van der Waals surface area (Å²) in [4.78, 5) is 10.8. The maximum atomic E-state index is 10.8. The first-order chi connectivity index (χ1) is 12.7. The third-order valence-corrected chi connectivity index (χ3v) is 3.78. The van der Waals surface area contributed by atoms with E-state index in [0.717, 1.165) is 51.4 Å². The van der Waals surface area contributed by atoms with Crippen molar-refractivity contribution >= 4 is 5.97 Å². The summed E-state index contributed by atoms with van der Waals surface area (Å²) < 4.78 is 0. The van der Waals surface area contributed by atoms with E-state index >= 15 is 0 Å². The molecule has 0 aromatic carbocycles. The number of rotatable bonds is 15. The summed E-state index contributed by atoms with van der Waals surface area (Å²) in [5, 5.41) is 8.92. The molecule has 0 spiro atoms. The largest absolute Gasteiger partial charge is 0.478 e. The molecule has 2 nitrogen and oxygen atoms in total. The molecule has 26 heavy (non-hydrogen) atoms. The highest BCUT2D eigenvalue weighted by Gasteiger charge is 2.01. The standard InChI is InChI=1S/C24H36O2/c1-3-5-6-7-8-9-10-11-12-13-14-15-16-17-18-19-20-21-22-23(4-2)24(25)26/h5-6,8-9,11-12,14-15,17-18,22H,3-4,7,10,13,16,19-21H2,1-2H3,(H,25,26)/b6-5-,9-8-,12-11-,15-14-,18-17-,23-22+. The van der Waals surface area contributed by atoms with Gasteiger partial charge in [-0.25, -0.2) is 4.79 Å². The van der Waals surface area contributed by atoms with Crippen LogP contribution in [-0.4, -0.2) is 11.1 Å². The fourth-order valence-corrected chi connectivity index (χ4v) is 2.26. The lowest BCUT2D eigenvalue weighted by Gasteiger charge is -1.97. The Kier molecular flexibility index (Phi) is 17.7. The van der Waals surface area contributed by atoms with E-state index < -0.39 is 5.97 Å². The molecule has 1 N–H and O–H groups in total.